The molecule has 1 aromatic rings. The van der Waals surface area contributed by atoms with Crippen molar-refractivity contribution in [1.29, 1.82) is 0 Å². The molecule has 3 amide bonds. The number of alkyl halides is 1. The van der Waals surface area contributed by atoms with Crippen LogP contribution in [0.1, 0.15) is 65.5 Å². The maximum Gasteiger partial charge on any atom is 0.306 e. The number of fused-ring (bicyclic) bond motifs is 1. The Labute approximate surface area is 280 Å². The van der Waals surface area contributed by atoms with Crippen LogP contribution in [0.15, 0.2) is 55.6 Å². The Hall–Kier alpha value is -3.02. The maximum atomic E-state index is 14.6. The standard InChI is InChI=1S/C35H48BrN3O7/c1-8-10-16-26(41)45-20-24(22-14-12-11-13-15-22)37-31(42)27-28-32(43)39(25(19-40)21(3)4)30(35(28)18-23(36)29(27)46-35)33(44)38(17-9-2)34(5,6)7/h8-9,11-15,21,23-25,27-30,40H,1-2,10,16-20H2,3-7H3,(H,37,42)/t23?,24-,25-,27-,28+,29-,30-,35+/m0/s1. The molecule has 1 aromatic carbocycles. The maximum absolute atomic E-state index is 14.6. The first kappa shape index (κ1) is 35.8. The van der Waals surface area contributed by atoms with E-state index in [1.165, 1.54) is 4.90 Å². The summed E-state index contributed by atoms with van der Waals surface area (Å²) in [6.07, 6.45) is 3.60. The number of nitrogens with zero attached hydrogens (tertiary/aromatic N) is 2. The molecule has 4 rings (SSSR count). The van der Waals surface area contributed by atoms with E-state index in [1.807, 2.05) is 65.0 Å². The fourth-order valence-corrected chi connectivity index (χ4v) is 8.18. The lowest BCUT2D eigenvalue weighted by Gasteiger charge is -2.44. The first-order chi connectivity index (χ1) is 21.7. The Morgan fingerprint density at radius 3 is 2.46 bits per heavy atom. The number of amides is 3. The number of hydrogen-bond acceptors (Lipinski definition) is 7. The Morgan fingerprint density at radius 1 is 1.22 bits per heavy atom. The molecule has 1 spiro atoms. The zero-order valence-electron chi connectivity index (χ0n) is 27.5. The molecule has 1 unspecified atom stereocenters. The van der Waals surface area contributed by atoms with E-state index in [0.29, 0.717) is 12.8 Å². The van der Waals surface area contributed by atoms with Crippen LogP contribution in [0.3, 0.4) is 0 Å². The molecular formula is C35H48BrN3O7. The lowest BCUT2D eigenvalue weighted by Crippen LogP contribution is -2.62. The van der Waals surface area contributed by atoms with E-state index in [-0.39, 0.29) is 48.7 Å². The Morgan fingerprint density at radius 2 is 1.89 bits per heavy atom. The van der Waals surface area contributed by atoms with Gasteiger partial charge in [-0.2, -0.15) is 0 Å². The molecule has 3 aliphatic rings. The van der Waals surface area contributed by atoms with Gasteiger partial charge in [0.05, 0.1) is 36.6 Å². The Kier molecular flexibility index (Phi) is 11.2. The van der Waals surface area contributed by atoms with Crippen LogP contribution in [0.5, 0.6) is 0 Å². The molecule has 10 nitrogen and oxygen atoms in total. The number of ether oxygens (including phenoxy) is 2. The SMILES string of the molecule is C=CCCC(=O)OC[C@H](NC(=O)[C@@H]1[C@H]2O[C@@]3(CC2Br)[C@H](C(=O)N(CC=C)C(C)(C)C)N([C@@H](CO)C(C)C)C(=O)[C@@H]13)c1ccccc1. The predicted octanol–water partition coefficient (Wildman–Crippen LogP) is 3.93. The number of hydrogen-bond donors (Lipinski definition) is 2. The number of rotatable bonds is 14. The number of esters is 1. The van der Waals surface area contributed by atoms with Crippen LogP contribution in [-0.2, 0) is 28.7 Å². The minimum atomic E-state index is -1.29. The van der Waals surface area contributed by atoms with Crippen molar-refractivity contribution in [3.05, 3.63) is 61.2 Å². The van der Waals surface area contributed by atoms with Crippen LogP contribution >= 0.6 is 15.9 Å². The minimum absolute atomic E-state index is 0.0965. The summed E-state index contributed by atoms with van der Waals surface area (Å²) < 4.78 is 12.2. The average molecular weight is 703 g/mol. The van der Waals surface area contributed by atoms with Crippen molar-refractivity contribution >= 4 is 39.6 Å². The summed E-state index contributed by atoms with van der Waals surface area (Å²) in [5.74, 6) is -3.59. The number of nitrogens with one attached hydrogen (secondary N) is 1. The van der Waals surface area contributed by atoms with Crippen molar-refractivity contribution in [2.45, 2.75) is 94.1 Å². The van der Waals surface area contributed by atoms with Gasteiger partial charge in [0.15, 0.2) is 0 Å². The molecule has 0 saturated carbocycles. The van der Waals surface area contributed by atoms with Crippen LogP contribution in [-0.4, -0.2) is 92.5 Å². The molecule has 11 heteroatoms. The van der Waals surface area contributed by atoms with Gasteiger partial charge in [-0.1, -0.05) is 72.3 Å². The summed E-state index contributed by atoms with van der Waals surface area (Å²) in [6, 6.07) is 6.78. The number of allylic oxidation sites excluding steroid dienone is 1. The molecule has 3 aliphatic heterocycles. The number of aliphatic hydroxyl groups excluding tert-OH is 1. The van der Waals surface area contributed by atoms with Gasteiger partial charge >= 0.3 is 5.97 Å². The molecule has 2 N–H and O–H groups in total. The average Bonchev–Trinajstić information content (AvgIpc) is 3.60. The van der Waals surface area contributed by atoms with E-state index in [2.05, 4.69) is 34.4 Å². The van der Waals surface area contributed by atoms with E-state index in [0.717, 1.165) is 5.56 Å². The normalized spacial score (nSPS) is 28.0. The van der Waals surface area contributed by atoms with Crippen LogP contribution < -0.4 is 5.32 Å². The Balaban J connectivity index is 1.73. The highest BCUT2D eigenvalue weighted by atomic mass is 79.9. The molecule has 3 saturated heterocycles. The minimum Gasteiger partial charge on any atom is -0.463 e. The third kappa shape index (κ3) is 6.69. The van der Waals surface area contributed by atoms with Gasteiger partial charge in [0, 0.05) is 23.3 Å². The topological polar surface area (TPSA) is 125 Å². The van der Waals surface area contributed by atoms with E-state index >= 15 is 0 Å². The van der Waals surface area contributed by atoms with Gasteiger partial charge in [-0.15, -0.1) is 13.2 Å². The quantitative estimate of drug-likeness (QED) is 0.171. The Bertz CT molecular complexity index is 1310. The van der Waals surface area contributed by atoms with Crippen molar-refractivity contribution in [2.75, 3.05) is 19.8 Å². The van der Waals surface area contributed by atoms with Crippen molar-refractivity contribution in [3.63, 3.8) is 0 Å². The molecule has 0 aliphatic carbocycles. The summed E-state index contributed by atoms with van der Waals surface area (Å²) in [6.45, 7) is 16.8. The summed E-state index contributed by atoms with van der Waals surface area (Å²) in [7, 11) is 0. The van der Waals surface area contributed by atoms with Gasteiger partial charge < -0.3 is 29.7 Å². The van der Waals surface area contributed by atoms with Crippen LogP contribution in [0.25, 0.3) is 0 Å². The van der Waals surface area contributed by atoms with Gasteiger partial charge in [-0.05, 0) is 45.1 Å². The second-order valence-corrected chi connectivity index (χ2v) is 15.0. The van der Waals surface area contributed by atoms with Gasteiger partial charge in [0.2, 0.25) is 17.7 Å². The lowest BCUT2D eigenvalue weighted by molar-refractivity contribution is -0.155. The first-order valence-corrected chi connectivity index (χ1v) is 16.9. The highest BCUT2D eigenvalue weighted by molar-refractivity contribution is 9.09. The number of aliphatic hydroxyl groups is 1. The number of benzene rings is 1. The fraction of sp³-hybridized carbons (Fsp3) is 0.600. The number of halogens is 1. The molecule has 3 fully saturated rings. The first-order valence-electron chi connectivity index (χ1n) is 16.0. The van der Waals surface area contributed by atoms with Crippen molar-refractivity contribution in [1.82, 2.24) is 15.1 Å². The van der Waals surface area contributed by atoms with Gasteiger partial charge in [-0.3, -0.25) is 19.2 Å². The van der Waals surface area contributed by atoms with E-state index < -0.39 is 59.1 Å². The van der Waals surface area contributed by atoms with Crippen molar-refractivity contribution in [2.24, 2.45) is 17.8 Å². The summed E-state index contributed by atoms with van der Waals surface area (Å²) in [5.41, 5.74) is -1.16. The zero-order valence-corrected chi connectivity index (χ0v) is 29.1. The van der Waals surface area contributed by atoms with Crippen molar-refractivity contribution < 1.29 is 33.8 Å². The summed E-state index contributed by atoms with van der Waals surface area (Å²) in [5, 5.41) is 13.6. The number of carbonyl (C=O) groups excluding carboxylic acids is 4. The van der Waals surface area contributed by atoms with E-state index in [9.17, 15) is 24.3 Å². The molecule has 46 heavy (non-hydrogen) atoms. The number of likely N-dealkylation sites (tertiary alicyclic amines) is 1. The largest absolute Gasteiger partial charge is 0.463 e. The fourth-order valence-electron chi connectivity index (χ4n) is 7.24. The van der Waals surface area contributed by atoms with Crippen LogP contribution in [0.2, 0.25) is 0 Å². The third-order valence-corrected chi connectivity index (χ3v) is 10.3. The summed E-state index contributed by atoms with van der Waals surface area (Å²) >= 11 is 3.72. The third-order valence-electron chi connectivity index (χ3n) is 9.45. The second kappa shape index (κ2) is 14.4. The monoisotopic (exact) mass is 701 g/mol. The summed E-state index contributed by atoms with van der Waals surface area (Å²) in [4.78, 5) is 58.8. The molecule has 2 bridgehead atoms. The van der Waals surface area contributed by atoms with Crippen LogP contribution in [0, 0.1) is 17.8 Å². The number of carbonyl (C=O) groups is 4. The molecule has 3 heterocycles. The molecule has 252 valence electrons. The van der Waals surface area contributed by atoms with Gasteiger partial charge in [0.1, 0.15) is 18.2 Å². The smallest absolute Gasteiger partial charge is 0.306 e. The molecule has 8 atom stereocenters. The van der Waals surface area contributed by atoms with Gasteiger partial charge in [-0.25, -0.2) is 0 Å². The lowest BCUT2D eigenvalue weighted by atomic mass is 9.70. The van der Waals surface area contributed by atoms with Crippen molar-refractivity contribution in [3.8, 4) is 0 Å². The van der Waals surface area contributed by atoms with E-state index in [4.69, 9.17) is 9.47 Å². The molecule has 0 aromatic heterocycles. The van der Waals surface area contributed by atoms with Gasteiger partial charge in [0.25, 0.3) is 0 Å². The predicted molar refractivity (Wildman–Crippen MR) is 178 cm³/mol. The molecular weight excluding hydrogens is 654 g/mol. The highest BCUT2D eigenvalue weighted by Gasteiger charge is 2.77. The zero-order chi connectivity index (χ0) is 34.0. The van der Waals surface area contributed by atoms with Crippen LogP contribution in [0.4, 0.5) is 0 Å². The molecule has 0 radical (unpaired) electrons. The highest BCUT2D eigenvalue weighted by Crippen LogP contribution is 2.61. The second-order valence-electron chi connectivity index (χ2n) is 13.8. The van der Waals surface area contributed by atoms with E-state index in [1.54, 1.807) is 17.1 Å².